The summed E-state index contributed by atoms with van der Waals surface area (Å²) in [6.07, 6.45) is 4.49. The minimum Gasteiger partial charge on any atom is -0.457 e. The zero-order chi connectivity index (χ0) is 19.8. The molecule has 0 aliphatic carbocycles. The van der Waals surface area contributed by atoms with Gasteiger partial charge in [0, 0.05) is 0 Å². The SMILES string of the molecule is CCCc1ccc(Oc2cccc(CC(C)C(C)Cc3ccccc3)c2)cc1. The third-order valence-electron chi connectivity index (χ3n) is 5.53. The third kappa shape index (κ3) is 5.99. The average molecular weight is 373 g/mol. The first-order chi connectivity index (χ1) is 13.6. The van der Waals surface area contributed by atoms with Crippen LogP contribution in [0.5, 0.6) is 11.5 Å². The van der Waals surface area contributed by atoms with Gasteiger partial charge in [0.2, 0.25) is 0 Å². The van der Waals surface area contributed by atoms with Crippen LogP contribution in [0.2, 0.25) is 0 Å². The van der Waals surface area contributed by atoms with E-state index in [1.54, 1.807) is 0 Å². The predicted molar refractivity (Wildman–Crippen MR) is 119 cm³/mol. The van der Waals surface area contributed by atoms with Crippen LogP contribution in [0, 0.1) is 11.8 Å². The van der Waals surface area contributed by atoms with Gasteiger partial charge in [0.15, 0.2) is 0 Å². The van der Waals surface area contributed by atoms with E-state index in [9.17, 15) is 0 Å². The molecule has 3 rings (SSSR count). The molecule has 2 atom stereocenters. The van der Waals surface area contributed by atoms with Crippen molar-refractivity contribution in [2.45, 2.75) is 46.5 Å². The van der Waals surface area contributed by atoms with Gasteiger partial charge in [-0.3, -0.25) is 0 Å². The summed E-state index contributed by atoms with van der Waals surface area (Å²) in [6, 6.07) is 27.8. The second-order valence-electron chi connectivity index (χ2n) is 7.99. The van der Waals surface area contributed by atoms with Crippen LogP contribution in [-0.4, -0.2) is 0 Å². The smallest absolute Gasteiger partial charge is 0.127 e. The molecule has 0 aliphatic heterocycles. The molecule has 1 nitrogen and oxygen atoms in total. The second-order valence-corrected chi connectivity index (χ2v) is 7.99. The molecule has 0 N–H and O–H groups in total. The zero-order valence-electron chi connectivity index (χ0n) is 17.4. The lowest BCUT2D eigenvalue weighted by atomic mass is 9.85. The van der Waals surface area contributed by atoms with Gasteiger partial charge in [-0.1, -0.05) is 81.8 Å². The van der Waals surface area contributed by atoms with Crippen molar-refractivity contribution in [1.29, 1.82) is 0 Å². The highest BCUT2D eigenvalue weighted by molar-refractivity contribution is 5.35. The van der Waals surface area contributed by atoms with Crippen molar-refractivity contribution in [3.63, 3.8) is 0 Å². The first-order valence-electron chi connectivity index (χ1n) is 10.5. The number of rotatable bonds is 9. The molecule has 0 radical (unpaired) electrons. The lowest BCUT2D eigenvalue weighted by Gasteiger charge is -2.20. The lowest BCUT2D eigenvalue weighted by Crippen LogP contribution is -2.13. The molecule has 0 bridgehead atoms. The van der Waals surface area contributed by atoms with Crippen molar-refractivity contribution in [2.24, 2.45) is 11.8 Å². The summed E-state index contributed by atoms with van der Waals surface area (Å²) >= 11 is 0. The van der Waals surface area contributed by atoms with Crippen molar-refractivity contribution in [3.8, 4) is 11.5 Å². The molecule has 2 unspecified atom stereocenters. The van der Waals surface area contributed by atoms with E-state index in [1.807, 2.05) is 6.07 Å². The molecule has 0 aliphatic rings. The molecule has 0 amide bonds. The van der Waals surface area contributed by atoms with Crippen LogP contribution in [0.15, 0.2) is 78.9 Å². The van der Waals surface area contributed by atoms with Gasteiger partial charge < -0.3 is 4.74 Å². The van der Waals surface area contributed by atoms with Crippen LogP contribution < -0.4 is 4.74 Å². The maximum atomic E-state index is 6.09. The predicted octanol–water partition coefficient (Wildman–Crippen LogP) is 7.49. The Morgan fingerprint density at radius 3 is 1.96 bits per heavy atom. The number of hydrogen-bond acceptors (Lipinski definition) is 1. The number of aryl methyl sites for hydroxylation is 1. The lowest BCUT2D eigenvalue weighted by molar-refractivity contribution is 0.383. The van der Waals surface area contributed by atoms with Gasteiger partial charge in [-0.15, -0.1) is 0 Å². The van der Waals surface area contributed by atoms with Crippen LogP contribution in [0.3, 0.4) is 0 Å². The molecule has 0 saturated carbocycles. The minimum atomic E-state index is 0.615. The normalized spacial score (nSPS) is 13.1. The monoisotopic (exact) mass is 372 g/mol. The van der Waals surface area contributed by atoms with Crippen molar-refractivity contribution < 1.29 is 4.74 Å². The summed E-state index contributed by atoms with van der Waals surface area (Å²) in [5.74, 6) is 3.08. The Balaban J connectivity index is 1.59. The van der Waals surface area contributed by atoms with E-state index in [4.69, 9.17) is 4.74 Å². The highest BCUT2D eigenvalue weighted by atomic mass is 16.5. The Hall–Kier alpha value is -2.54. The Morgan fingerprint density at radius 1 is 0.643 bits per heavy atom. The van der Waals surface area contributed by atoms with Crippen LogP contribution in [-0.2, 0) is 19.3 Å². The molecule has 1 heteroatoms. The van der Waals surface area contributed by atoms with E-state index >= 15 is 0 Å². The molecule has 28 heavy (non-hydrogen) atoms. The van der Waals surface area contributed by atoms with E-state index in [0.717, 1.165) is 30.8 Å². The quantitative estimate of drug-likeness (QED) is 0.378. The topological polar surface area (TPSA) is 9.23 Å². The molecule has 0 spiro atoms. The summed E-state index contributed by atoms with van der Waals surface area (Å²) in [4.78, 5) is 0. The molecule has 0 saturated heterocycles. The van der Waals surface area contributed by atoms with Gasteiger partial charge in [0.1, 0.15) is 11.5 Å². The number of benzene rings is 3. The van der Waals surface area contributed by atoms with E-state index in [0.29, 0.717) is 11.8 Å². The van der Waals surface area contributed by atoms with Gasteiger partial charge >= 0.3 is 0 Å². The molecule has 146 valence electrons. The van der Waals surface area contributed by atoms with Crippen molar-refractivity contribution in [3.05, 3.63) is 95.6 Å². The second kappa shape index (κ2) is 10.1. The van der Waals surface area contributed by atoms with E-state index in [-0.39, 0.29) is 0 Å². The largest absolute Gasteiger partial charge is 0.457 e. The van der Waals surface area contributed by atoms with Crippen molar-refractivity contribution >= 4 is 0 Å². The molecule has 0 fully saturated rings. The average Bonchev–Trinajstić information content (AvgIpc) is 2.71. The summed E-state index contributed by atoms with van der Waals surface area (Å²) in [7, 11) is 0. The molecular formula is C27H32O. The van der Waals surface area contributed by atoms with Gasteiger partial charge in [0.25, 0.3) is 0 Å². The van der Waals surface area contributed by atoms with E-state index < -0.39 is 0 Å². The fourth-order valence-corrected chi connectivity index (χ4v) is 3.64. The first-order valence-corrected chi connectivity index (χ1v) is 10.5. The van der Waals surface area contributed by atoms with Crippen molar-refractivity contribution in [2.75, 3.05) is 0 Å². The van der Waals surface area contributed by atoms with Crippen LogP contribution in [0.25, 0.3) is 0 Å². The maximum Gasteiger partial charge on any atom is 0.127 e. The molecule has 0 heterocycles. The maximum absolute atomic E-state index is 6.09. The summed E-state index contributed by atoms with van der Waals surface area (Å²) in [5, 5.41) is 0. The molecule has 3 aromatic rings. The standard InChI is InChI=1S/C27H32O/c1-4-9-23-14-16-26(17-15-23)28-27-13-8-12-25(20-27)19-22(3)21(2)18-24-10-6-5-7-11-24/h5-8,10-17,20-22H,4,9,18-19H2,1-3H3. The summed E-state index contributed by atoms with van der Waals surface area (Å²) in [5.41, 5.74) is 4.13. The highest BCUT2D eigenvalue weighted by Gasteiger charge is 2.14. The van der Waals surface area contributed by atoms with Gasteiger partial charge in [-0.25, -0.2) is 0 Å². The van der Waals surface area contributed by atoms with Gasteiger partial charge in [-0.2, -0.15) is 0 Å². The fraction of sp³-hybridized carbons (Fsp3) is 0.333. The van der Waals surface area contributed by atoms with Crippen LogP contribution >= 0.6 is 0 Å². The minimum absolute atomic E-state index is 0.615. The van der Waals surface area contributed by atoms with Gasteiger partial charge in [0.05, 0.1) is 0 Å². The van der Waals surface area contributed by atoms with Crippen molar-refractivity contribution in [1.82, 2.24) is 0 Å². The van der Waals surface area contributed by atoms with Crippen LogP contribution in [0.1, 0.15) is 43.9 Å². The Labute approximate surface area is 170 Å². The third-order valence-corrected chi connectivity index (χ3v) is 5.53. The molecular weight excluding hydrogens is 340 g/mol. The van der Waals surface area contributed by atoms with Gasteiger partial charge in [-0.05, 0) is 72.1 Å². The zero-order valence-corrected chi connectivity index (χ0v) is 17.4. The molecule has 3 aromatic carbocycles. The molecule has 0 aromatic heterocycles. The first kappa shape index (κ1) is 20.2. The van der Waals surface area contributed by atoms with E-state index in [2.05, 4.69) is 93.6 Å². The number of ether oxygens (including phenoxy) is 1. The Bertz CT molecular complexity index is 836. The number of hydrogen-bond donors (Lipinski definition) is 0. The Morgan fingerprint density at radius 2 is 1.29 bits per heavy atom. The fourth-order valence-electron chi connectivity index (χ4n) is 3.64. The summed E-state index contributed by atoms with van der Waals surface area (Å²) in [6.45, 7) is 6.92. The van der Waals surface area contributed by atoms with E-state index in [1.165, 1.54) is 23.1 Å². The van der Waals surface area contributed by atoms with Crippen LogP contribution in [0.4, 0.5) is 0 Å². The Kier molecular flexibility index (Phi) is 7.31. The highest BCUT2D eigenvalue weighted by Crippen LogP contribution is 2.26. The summed E-state index contributed by atoms with van der Waals surface area (Å²) < 4.78 is 6.09.